The standard InChI is InChI=1S/C17H28O2/c1-12(2)11-16(17(4,5)6)14-7-9-15(10-8-14)19-13(3)18/h7-10,12-13,16,18H,11H2,1-6H3. The first-order chi connectivity index (χ1) is 8.70. The fourth-order valence-electron chi connectivity index (χ4n) is 2.44. The molecular weight excluding hydrogens is 236 g/mol. The molecule has 0 aliphatic carbocycles. The Bertz CT molecular complexity index is 371. The minimum Gasteiger partial charge on any atom is -0.465 e. The van der Waals surface area contributed by atoms with Crippen LogP contribution in [0, 0.1) is 11.3 Å². The van der Waals surface area contributed by atoms with Gasteiger partial charge in [0.25, 0.3) is 0 Å². The molecule has 0 bridgehead atoms. The van der Waals surface area contributed by atoms with Crippen LogP contribution in [0.5, 0.6) is 5.75 Å². The van der Waals surface area contributed by atoms with E-state index in [1.54, 1.807) is 6.92 Å². The molecule has 2 heteroatoms. The Kier molecular flexibility index (Phi) is 5.42. The molecule has 0 aromatic heterocycles. The van der Waals surface area contributed by atoms with Crippen molar-refractivity contribution in [1.29, 1.82) is 0 Å². The molecule has 1 rings (SSSR count). The molecule has 108 valence electrons. The lowest BCUT2D eigenvalue weighted by Gasteiger charge is -2.32. The first-order valence-corrected chi connectivity index (χ1v) is 7.15. The Morgan fingerprint density at radius 2 is 1.58 bits per heavy atom. The van der Waals surface area contributed by atoms with Gasteiger partial charge in [0, 0.05) is 0 Å². The monoisotopic (exact) mass is 264 g/mol. The van der Waals surface area contributed by atoms with Gasteiger partial charge in [0.15, 0.2) is 6.29 Å². The average molecular weight is 264 g/mol. The molecule has 0 spiro atoms. The largest absolute Gasteiger partial charge is 0.465 e. The van der Waals surface area contributed by atoms with Crippen LogP contribution in [-0.4, -0.2) is 11.4 Å². The molecule has 0 saturated carbocycles. The summed E-state index contributed by atoms with van der Waals surface area (Å²) >= 11 is 0. The molecule has 0 heterocycles. The van der Waals surface area contributed by atoms with Crippen LogP contribution in [0.2, 0.25) is 0 Å². The molecule has 1 aromatic carbocycles. The fourth-order valence-corrected chi connectivity index (χ4v) is 2.44. The van der Waals surface area contributed by atoms with Crippen LogP contribution in [0.15, 0.2) is 24.3 Å². The number of hydrogen-bond acceptors (Lipinski definition) is 2. The highest BCUT2D eigenvalue weighted by atomic mass is 16.6. The lowest BCUT2D eigenvalue weighted by Crippen LogP contribution is -2.20. The zero-order chi connectivity index (χ0) is 14.6. The van der Waals surface area contributed by atoms with Crippen molar-refractivity contribution >= 4 is 0 Å². The summed E-state index contributed by atoms with van der Waals surface area (Å²) in [6, 6.07) is 8.13. The van der Waals surface area contributed by atoms with E-state index in [0.29, 0.717) is 11.8 Å². The summed E-state index contributed by atoms with van der Waals surface area (Å²) in [4.78, 5) is 0. The predicted octanol–water partition coefficient (Wildman–Crippen LogP) is 4.58. The minimum absolute atomic E-state index is 0.247. The number of aliphatic hydroxyl groups excluding tert-OH is 1. The fraction of sp³-hybridized carbons (Fsp3) is 0.647. The van der Waals surface area contributed by atoms with Crippen LogP contribution < -0.4 is 4.74 Å². The van der Waals surface area contributed by atoms with Crippen LogP contribution in [0.25, 0.3) is 0 Å². The Hall–Kier alpha value is -1.02. The van der Waals surface area contributed by atoms with Gasteiger partial charge in [-0.2, -0.15) is 0 Å². The van der Waals surface area contributed by atoms with E-state index < -0.39 is 6.29 Å². The van der Waals surface area contributed by atoms with Crippen molar-refractivity contribution in [1.82, 2.24) is 0 Å². The Morgan fingerprint density at radius 3 is 1.95 bits per heavy atom. The third kappa shape index (κ3) is 5.23. The lowest BCUT2D eigenvalue weighted by molar-refractivity contribution is -0.000320. The third-order valence-corrected chi connectivity index (χ3v) is 3.34. The van der Waals surface area contributed by atoms with Crippen molar-refractivity contribution in [2.45, 2.75) is 60.2 Å². The highest BCUT2D eigenvalue weighted by Crippen LogP contribution is 2.40. The Balaban J connectivity index is 2.91. The average Bonchev–Trinajstić information content (AvgIpc) is 2.25. The number of rotatable bonds is 5. The molecule has 0 radical (unpaired) electrons. The summed E-state index contributed by atoms with van der Waals surface area (Å²) in [6.45, 7) is 13.0. The van der Waals surface area contributed by atoms with E-state index in [0.717, 1.165) is 5.75 Å². The third-order valence-electron chi connectivity index (χ3n) is 3.34. The van der Waals surface area contributed by atoms with Gasteiger partial charge in [0.05, 0.1) is 0 Å². The number of ether oxygens (including phenoxy) is 1. The summed E-state index contributed by atoms with van der Waals surface area (Å²) < 4.78 is 5.27. The van der Waals surface area contributed by atoms with E-state index in [9.17, 15) is 5.11 Å². The lowest BCUT2D eigenvalue weighted by atomic mass is 9.72. The highest BCUT2D eigenvalue weighted by Gasteiger charge is 2.26. The van der Waals surface area contributed by atoms with Crippen LogP contribution in [0.3, 0.4) is 0 Å². The molecule has 0 aliphatic rings. The van der Waals surface area contributed by atoms with Crippen molar-refractivity contribution in [2.75, 3.05) is 0 Å². The zero-order valence-electron chi connectivity index (χ0n) is 13.1. The van der Waals surface area contributed by atoms with E-state index in [1.807, 2.05) is 12.1 Å². The van der Waals surface area contributed by atoms with Crippen molar-refractivity contribution in [3.63, 3.8) is 0 Å². The quantitative estimate of drug-likeness (QED) is 0.789. The summed E-state index contributed by atoms with van der Waals surface area (Å²) in [5.74, 6) is 1.93. The molecule has 19 heavy (non-hydrogen) atoms. The zero-order valence-corrected chi connectivity index (χ0v) is 13.1. The van der Waals surface area contributed by atoms with E-state index in [-0.39, 0.29) is 5.41 Å². The molecule has 1 N–H and O–H groups in total. The second kappa shape index (κ2) is 6.42. The van der Waals surface area contributed by atoms with Gasteiger partial charge in [0.1, 0.15) is 5.75 Å². The SMILES string of the molecule is CC(C)CC(c1ccc(OC(C)O)cc1)C(C)(C)C. The van der Waals surface area contributed by atoms with Gasteiger partial charge in [-0.05, 0) is 48.3 Å². The van der Waals surface area contributed by atoms with Gasteiger partial charge in [-0.1, -0.05) is 46.8 Å². The molecule has 2 atom stereocenters. The van der Waals surface area contributed by atoms with E-state index in [2.05, 4.69) is 46.8 Å². The van der Waals surface area contributed by atoms with Gasteiger partial charge >= 0.3 is 0 Å². The number of hydrogen-bond donors (Lipinski definition) is 1. The molecular formula is C17H28O2. The first-order valence-electron chi connectivity index (χ1n) is 7.15. The van der Waals surface area contributed by atoms with Crippen LogP contribution in [-0.2, 0) is 0 Å². The van der Waals surface area contributed by atoms with Gasteiger partial charge in [-0.3, -0.25) is 0 Å². The van der Waals surface area contributed by atoms with Crippen LogP contribution in [0.4, 0.5) is 0 Å². The Labute approximate surface area is 117 Å². The van der Waals surface area contributed by atoms with Crippen molar-refractivity contribution < 1.29 is 9.84 Å². The maximum atomic E-state index is 9.21. The van der Waals surface area contributed by atoms with Crippen molar-refractivity contribution in [2.24, 2.45) is 11.3 Å². The van der Waals surface area contributed by atoms with Crippen molar-refractivity contribution in [3.8, 4) is 5.75 Å². The van der Waals surface area contributed by atoms with Crippen molar-refractivity contribution in [3.05, 3.63) is 29.8 Å². The molecule has 0 aliphatic heterocycles. The number of benzene rings is 1. The van der Waals surface area contributed by atoms with Gasteiger partial charge in [-0.25, -0.2) is 0 Å². The van der Waals surface area contributed by atoms with Crippen LogP contribution >= 0.6 is 0 Å². The summed E-state index contributed by atoms with van der Waals surface area (Å²) in [5.41, 5.74) is 1.59. The minimum atomic E-state index is -0.764. The summed E-state index contributed by atoms with van der Waals surface area (Å²) in [7, 11) is 0. The molecule has 0 amide bonds. The maximum Gasteiger partial charge on any atom is 0.194 e. The smallest absolute Gasteiger partial charge is 0.194 e. The molecule has 2 unspecified atom stereocenters. The van der Waals surface area contributed by atoms with Gasteiger partial charge < -0.3 is 9.84 Å². The number of aliphatic hydroxyl groups is 1. The van der Waals surface area contributed by atoms with Crippen LogP contribution in [0.1, 0.15) is 59.4 Å². The molecule has 2 nitrogen and oxygen atoms in total. The summed E-state index contributed by atoms with van der Waals surface area (Å²) in [6.07, 6.45) is 0.417. The second-order valence-corrected chi connectivity index (χ2v) is 6.83. The maximum absolute atomic E-state index is 9.21. The molecule has 0 fully saturated rings. The second-order valence-electron chi connectivity index (χ2n) is 6.83. The topological polar surface area (TPSA) is 29.5 Å². The Morgan fingerprint density at radius 1 is 1.05 bits per heavy atom. The first kappa shape index (κ1) is 16.0. The highest BCUT2D eigenvalue weighted by molar-refractivity contribution is 5.30. The van der Waals surface area contributed by atoms with Gasteiger partial charge in [0.2, 0.25) is 0 Å². The molecule has 1 aromatic rings. The summed E-state index contributed by atoms with van der Waals surface area (Å²) in [5, 5.41) is 9.21. The molecule has 0 saturated heterocycles. The van der Waals surface area contributed by atoms with E-state index in [4.69, 9.17) is 4.74 Å². The van der Waals surface area contributed by atoms with E-state index >= 15 is 0 Å². The predicted molar refractivity (Wildman–Crippen MR) is 80.4 cm³/mol. The normalized spacial score (nSPS) is 15.4. The van der Waals surface area contributed by atoms with E-state index in [1.165, 1.54) is 12.0 Å². The van der Waals surface area contributed by atoms with Gasteiger partial charge in [-0.15, -0.1) is 0 Å².